The fraction of sp³-hybridized carbons (Fsp3) is 0.368. The second kappa shape index (κ2) is 4.94. The summed E-state index contributed by atoms with van der Waals surface area (Å²) in [6.07, 6.45) is 6.85. The highest BCUT2D eigenvalue weighted by Gasteiger charge is 2.50. The summed E-state index contributed by atoms with van der Waals surface area (Å²) in [6, 6.07) is 12.2. The van der Waals surface area contributed by atoms with Gasteiger partial charge >= 0.3 is 0 Å². The Bertz CT molecular complexity index is 773. The maximum atomic E-state index is 4.57. The zero-order valence-corrected chi connectivity index (χ0v) is 13.1. The maximum absolute atomic E-state index is 4.57. The lowest BCUT2D eigenvalue weighted by Gasteiger charge is -2.55. The Morgan fingerprint density at radius 1 is 1.23 bits per heavy atom. The monoisotopic (exact) mass is 291 g/mol. The first kappa shape index (κ1) is 13.5. The zero-order valence-electron chi connectivity index (χ0n) is 13.1. The number of para-hydroxylation sites is 1. The van der Waals surface area contributed by atoms with E-state index in [0.29, 0.717) is 11.3 Å². The van der Waals surface area contributed by atoms with Crippen LogP contribution in [0.25, 0.3) is 10.9 Å². The van der Waals surface area contributed by atoms with Crippen molar-refractivity contribution in [3.63, 3.8) is 0 Å². The predicted molar refractivity (Wildman–Crippen MR) is 91.9 cm³/mol. The summed E-state index contributed by atoms with van der Waals surface area (Å²) < 4.78 is 0. The third-order valence-electron chi connectivity index (χ3n) is 5.50. The van der Waals surface area contributed by atoms with Gasteiger partial charge < -0.3 is 0 Å². The average Bonchev–Trinajstić information content (AvgIpc) is 2.55. The number of benzene rings is 1. The van der Waals surface area contributed by atoms with Crippen LogP contribution in [-0.4, -0.2) is 11.2 Å². The summed E-state index contributed by atoms with van der Waals surface area (Å²) >= 11 is 0. The SMILES string of the molecule is CC1(C)C2CC=C(/C=N/Nc3ccc4ccccc4n3)C1C2. The van der Waals surface area contributed by atoms with Crippen LogP contribution < -0.4 is 5.43 Å². The van der Waals surface area contributed by atoms with Crippen LogP contribution in [-0.2, 0) is 0 Å². The number of hydrogen-bond acceptors (Lipinski definition) is 3. The van der Waals surface area contributed by atoms with Gasteiger partial charge in [-0.15, -0.1) is 0 Å². The van der Waals surface area contributed by atoms with Gasteiger partial charge in [0.1, 0.15) is 5.82 Å². The van der Waals surface area contributed by atoms with Crippen LogP contribution in [0.15, 0.2) is 53.1 Å². The number of nitrogens with zero attached hydrogens (tertiary/aromatic N) is 2. The van der Waals surface area contributed by atoms with Crippen LogP contribution in [0.1, 0.15) is 26.7 Å². The molecule has 1 N–H and O–H groups in total. The van der Waals surface area contributed by atoms with Gasteiger partial charge in [0, 0.05) is 5.39 Å². The van der Waals surface area contributed by atoms with E-state index in [4.69, 9.17) is 0 Å². The molecule has 5 rings (SSSR count). The number of allylic oxidation sites excluding steroid dienone is 2. The molecule has 3 nitrogen and oxygen atoms in total. The smallest absolute Gasteiger partial charge is 0.146 e. The zero-order chi connectivity index (χ0) is 15.2. The Labute approximate surface area is 131 Å². The largest absolute Gasteiger partial charge is 0.261 e. The van der Waals surface area contributed by atoms with Crippen molar-refractivity contribution in [2.45, 2.75) is 26.7 Å². The molecule has 0 radical (unpaired) electrons. The Balaban J connectivity index is 1.48. The molecular formula is C19H21N3. The molecule has 1 heterocycles. The molecule has 2 bridgehead atoms. The predicted octanol–water partition coefficient (Wildman–Crippen LogP) is 4.62. The Kier molecular flexibility index (Phi) is 3.03. The lowest BCUT2D eigenvalue weighted by atomic mass is 9.49. The molecule has 0 spiro atoms. The molecule has 2 aromatic rings. The molecule has 2 atom stereocenters. The highest BCUT2D eigenvalue weighted by atomic mass is 15.3. The Morgan fingerprint density at radius 3 is 2.91 bits per heavy atom. The first-order valence-corrected chi connectivity index (χ1v) is 7.99. The van der Waals surface area contributed by atoms with E-state index in [1.165, 1.54) is 18.4 Å². The number of nitrogens with one attached hydrogen (secondary N) is 1. The Hall–Kier alpha value is -2.16. The minimum Gasteiger partial charge on any atom is -0.261 e. The highest BCUT2D eigenvalue weighted by Crippen LogP contribution is 2.58. The van der Waals surface area contributed by atoms with Crippen molar-refractivity contribution in [3.8, 4) is 0 Å². The average molecular weight is 291 g/mol. The van der Waals surface area contributed by atoms with Crippen molar-refractivity contribution >= 4 is 22.9 Å². The number of hydrazone groups is 1. The fourth-order valence-electron chi connectivity index (χ4n) is 3.85. The van der Waals surface area contributed by atoms with Gasteiger partial charge in [0.05, 0.1) is 11.7 Å². The number of aromatic nitrogens is 1. The molecule has 1 aromatic heterocycles. The molecule has 3 aliphatic carbocycles. The molecule has 0 amide bonds. The van der Waals surface area contributed by atoms with Gasteiger partial charge in [-0.1, -0.05) is 38.1 Å². The van der Waals surface area contributed by atoms with Gasteiger partial charge in [-0.05, 0) is 53.9 Å². The third kappa shape index (κ3) is 2.12. The first-order valence-electron chi connectivity index (χ1n) is 7.99. The van der Waals surface area contributed by atoms with Crippen LogP contribution in [0, 0.1) is 17.3 Å². The van der Waals surface area contributed by atoms with Gasteiger partial charge in [0.15, 0.2) is 0 Å². The van der Waals surface area contributed by atoms with Gasteiger partial charge in [-0.25, -0.2) is 4.98 Å². The topological polar surface area (TPSA) is 37.3 Å². The summed E-state index contributed by atoms with van der Waals surface area (Å²) in [7, 11) is 0. The number of pyridine rings is 1. The molecule has 2 unspecified atom stereocenters. The van der Waals surface area contributed by atoms with Crippen LogP contribution in [0.3, 0.4) is 0 Å². The first-order chi connectivity index (χ1) is 10.6. The number of rotatable bonds is 3. The lowest BCUT2D eigenvalue weighted by Crippen LogP contribution is -2.48. The van der Waals surface area contributed by atoms with E-state index >= 15 is 0 Å². The van der Waals surface area contributed by atoms with Crippen molar-refractivity contribution < 1.29 is 0 Å². The van der Waals surface area contributed by atoms with E-state index in [9.17, 15) is 0 Å². The van der Waals surface area contributed by atoms with E-state index in [1.807, 2.05) is 30.5 Å². The molecule has 0 aliphatic heterocycles. The normalized spacial score (nSPS) is 25.8. The molecule has 1 saturated carbocycles. The van der Waals surface area contributed by atoms with Gasteiger partial charge in [0.25, 0.3) is 0 Å². The van der Waals surface area contributed by atoms with Crippen LogP contribution >= 0.6 is 0 Å². The summed E-state index contributed by atoms with van der Waals surface area (Å²) in [4.78, 5) is 4.57. The quantitative estimate of drug-likeness (QED) is 0.661. The van der Waals surface area contributed by atoms with Crippen LogP contribution in [0.4, 0.5) is 5.82 Å². The van der Waals surface area contributed by atoms with Crippen molar-refractivity contribution in [2.24, 2.45) is 22.4 Å². The third-order valence-corrected chi connectivity index (χ3v) is 5.50. The molecule has 3 aliphatic rings. The Morgan fingerprint density at radius 2 is 2.09 bits per heavy atom. The molecule has 22 heavy (non-hydrogen) atoms. The second-order valence-corrected chi connectivity index (χ2v) is 7.01. The molecule has 112 valence electrons. The van der Waals surface area contributed by atoms with E-state index < -0.39 is 0 Å². The molecule has 3 heteroatoms. The molecular weight excluding hydrogens is 270 g/mol. The number of anilines is 1. The minimum atomic E-state index is 0.442. The van der Waals surface area contributed by atoms with Crippen molar-refractivity contribution in [1.29, 1.82) is 0 Å². The molecule has 1 fully saturated rings. The second-order valence-electron chi connectivity index (χ2n) is 7.01. The van der Waals surface area contributed by atoms with Crippen molar-refractivity contribution in [3.05, 3.63) is 48.0 Å². The number of fused-ring (bicyclic) bond motifs is 2. The van der Waals surface area contributed by atoms with Gasteiger partial charge in [-0.3, -0.25) is 5.43 Å². The molecule has 1 aromatic carbocycles. The van der Waals surface area contributed by atoms with E-state index in [-0.39, 0.29) is 0 Å². The lowest BCUT2D eigenvalue weighted by molar-refractivity contribution is -0.00124. The fourth-order valence-corrected chi connectivity index (χ4v) is 3.85. The standard InChI is InChI=1S/C19H21N3/c1-19(2)15-9-7-14(16(19)11-15)12-20-22-18-10-8-13-5-3-4-6-17(13)21-18/h3-8,10,12,15-16H,9,11H2,1-2H3,(H,21,22)/b20-12+. The minimum absolute atomic E-state index is 0.442. The van der Waals surface area contributed by atoms with Crippen LogP contribution in [0.2, 0.25) is 0 Å². The summed E-state index contributed by atoms with van der Waals surface area (Å²) in [5, 5.41) is 5.55. The van der Waals surface area contributed by atoms with Crippen LogP contribution in [0.5, 0.6) is 0 Å². The summed E-state index contributed by atoms with van der Waals surface area (Å²) in [5.41, 5.74) is 5.87. The van der Waals surface area contributed by atoms with E-state index in [2.05, 4.69) is 47.6 Å². The number of hydrogen-bond donors (Lipinski definition) is 1. The maximum Gasteiger partial charge on any atom is 0.146 e. The highest BCUT2D eigenvalue weighted by molar-refractivity contribution is 5.82. The van der Waals surface area contributed by atoms with Gasteiger partial charge in [-0.2, -0.15) is 5.10 Å². The summed E-state index contributed by atoms with van der Waals surface area (Å²) in [6.45, 7) is 4.76. The van der Waals surface area contributed by atoms with Crippen molar-refractivity contribution in [1.82, 2.24) is 4.98 Å². The van der Waals surface area contributed by atoms with E-state index in [1.54, 1.807) is 0 Å². The van der Waals surface area contributed by atoms with E-state index in [0.717, 1.165) is 22.6 Å². The molecule has 0 saturated heterocycles. The summed E-state index contributed by atoms with van der Waals surface area (Å²) in [5.74, 6) is 2.32. The van der Waals surface area contributed by atoms with Gasteiger partial charge in [0.2, 0.25) is 0 Å². The van der Waals surface area contributed by atoms with Crippen molar-refractivity contribution in [2.75, 3.05) is 5.43 Å².